The van der Waals surface area contributed by atoms with E-state index in [9.17, 15) is 13.2 Å². The highest BCUT2D eigenvalue weighted by molar-refractivity contribution is 4.66. The Bertz CT molecular complexity index is 304. The van der Waals surface area contributed by atoms with Gasteiger partial charge in [-0.3, -0.25) is 0 Å². The Hall–Kier alpha value is -1.00. The Morgan fingerprint density at radius 3 is 2.62 bits per heavy atom. The van der Waals surface area contributed by atoms with Crippen molar-refractivity contribution in [2.24, 2.45) is 0 Å². The van der Waals surface area contributed by atoms with E-state index in [1.54, 1.807) is 0 Å². The number of alkyl halides is 3. The molecule has 0 N–H and O–H groups in total. The fourth-order valence-corrected chi connectivity index (χ4v) is 1.58. The van der Waals surface area contributed by atoms with Gasteiger partial charge >= 0.3 is 6.18 Å². The summed E-state index contributed by atoms with van der Waals surface area (Å²) in [5, 5.41) is 0. The Morgan fingerprint density at radius 2 is 2.00 bits per heavy atom. The van der Waals surface area contributed by atoms with Crippen molar-refractivity contribution in [3.63, 3.8) is 0 Å². The summed E-state index contributed by atoms with van der Waals surface area (Å²) >= 11 is 0. The van der Waals surface area contributed by atoms with Crippen LogP contribution in [0.5, 0.6) is 0 Å². The molecular weight excluding hydrogens is 217 g/mol. The predicted octanol–water partition coefficient (Wildman–Crippen LogP) is 2.92. The molecule has 5 heteroatoms. The summed E-state index contributed by atoms with van der Waals surface area (Å²) < 4.78 is 39.6. The molecule has 1 rings (SSSR count). The highest BCUT2D eigenvalue weighted by Crippen LogP contribution is 2.22. The molecule has 0 bridgehead atoms. The fraction of sp³-hybridized carbons (Fsp3) is 0.727. The first kappa shape index (κ1) is 13.1. The van der Waals surface area contributed by atoms with Crippen LogP contribution in [0.2, 0.25) is 0 Å². The standard InChI is InChI=1S/C11H18F3N2/c1-2-6-15-8-9-16(10-15)7-4-3-5-11(12,13)14/h8-10H,2-7H2,1H3/q+1. The zero-order valence-corrected chi connectivity index (χ0v) is 9.50. The summed E-state index contributed by atoms with van der Waals surface area (Å²) in [5.41, 5.74) is 0. The summed E-state index contributed by atoms with van der Waals surface area (Å²) in [6, 6.07) is 0. The molecule has 16 heavy (non-hydrogen) atoms. The van der Waals surface area contributed by atoms with Crippen LogP contribution in [-0.2, 0) is 13.1 Å². The van der Waals surface area contributed by atoms with Crippen molar-refractivity contribution in [2.45, 2.75) is 51.9 Å². The lowest BCUT2D eigenvalue weighted by molar-refractivity contribution is -0.696. The molecule has 0 amide bonds. The van der Waals surface area contributed by atoms with Crippen molar-refractivity contribution in [3.8, 4) is 0 Å². The number of rotatable bonds is 6. The second-order valence-corrected chi connectivity index (χ2v) is 3.96. The maximum Gasteiger partial charge on any atom is 0.389 e. The molecule has 0 radical (unpaired) electrons. The first-order chi connectivity index (χ1) is 7.51. The highest BCUT2D eigenvalue weighted by Gasteiger charge is 2.25. The van der Waals surface area contributed by atoms with Crippen LogP contribution in [0.1, 0.15) is 32.6 Å². The molecule has 1 heterocycles. The number of aromatic nitrogens is 2. The maximum atomic E-state index is 11.9. The van der Waals surface area contributed by atoms with E-state index in [-0.39, 0.29) is 6.42 Å². The molecule has 0 fully saturated rings. The van der Waals surface area contributed by atoms with Gasteiger partial charge in [-0.1, -0.05) is 6.92 Å². The van der Waals surface area contributed by atoms with Crippen molar-refractivity contribution in [1.29, 1.82) is 0 Å². The minimum absolute atomic E-state index is 0.204. The minimum Gasteiger partial charge on any atom is -0.237 e. The van der Waals surface area contributed by atoms with E-state index in [2.05, 4.69) is 6.92 Å². The van der Waals surface area contributed by atoms with Gasteiger partial charge in [0.1, 0.15) is 12.4 Å². The van der Waals surface area contributed by atoms with Crippen molar-refractivity contribution in [1.82, 2.24) is 4.57 Å². The van der Waals surface area contributed by atoms with Crippen LogP contribution in [0.4, 0.5) is 13.2 Å². The minimum atomic E-state index is -4.02. The topological polar surface area (TPSA) is 8.81 Å². The van der Waals surface area contributed by atoms with E-state index >= 15 is 0 Å². The van der Waals surface area contributed by atoms with Crippen molar-refractivity contribution < 1.29 is 17.7 Å². The lowest BCUT2D eigenvalue weighted by Crippen LogP contribution is -2.30. The van der Waals surface area contributed by atoms with Crippen molar-refractivity contribution >= 4 is 0 Å². The lowest BCUT2D eigenvalue weighted by atomic mass is 10.2. The second kappa shape index (κ2) is 5.92. The second-order valence-electron chi connectivity index (χ2n) is 3.96. The van der Waals surface area contributed by atoms with Gasteiger partial charge in [-0.2, -0.15) is 13.2 Å². The van der Waals surface area contributed by atoms with Crippen LogP contribution in [0, 0.1) is 0 Å². The molecular formula is C11H18F3N2+. The molecule has 0 aliphatic heterocycles. The molecule has 0 saturated heterocycles. The smallest absolute Gasteiger partial charge is 0.237 e. The van der Waals surface area contributed by atoms with E-state index in [1.807, 2.05) is 27.9 Å². The zero-order chi connectivity index (χ0) is 12.0. The van der Waals surface area contributed by atoms with Crippen molar-refractivity contribution in [3.05, 3.63) is 18.7 Å². The quantitative estimate of drug-likeness (QED) is 0.529. The Kier molecular flexibility index (Phi) is 4.83. The Morgan fingerprint density at radius 1 is 1.25 bits per heavy atom. The van der Waals surface area contributed by atoms with Gasteiger partial charge < -0.3 is 0 Å². The SMILES string of the molecule is CCC[n+]1ccn(CCCCC(F)(F)F)c1. The molecule has 0 aliphatic rings. The molecule has 0 aromatic carbocycles. The first-order valence-corrected chi connectivity index (χ1v) is 5.63. The van der Waals surface area contributed by atoms with Crippen LogP contribution < -0.4 is 4.57 Å². The average molecular weight is 235 g/mol. The number of halogens is 3. The third-order valence-corrected chi connectivity index (χ3v) is 2.35. The van der Waals surface area contributed by atoms with Crippen LogP contribution in [0.15, 0.2) is 18.7 Å². The number of aryl methyl sites for hydroxylation is 2. The van der Waals surface area contributed by atoms with Gasteiger partial charge in [0.2, 0.25) is 6.33 Å². The number of nitrogens with zero attached hydrogens (tertiary/aromatic N) is 2. The third kappa shape index (κ3) is 5.19. The van der Waals surface area contributed by atoms with E-state index < -0.39 is 12.6 Å². The molecule has 2 nitrogen and oxygen atoms in total. The van der Waals surface area contributed by atoms with Gasteiger partial charge in [0, 0.05) is 6.42 Å². The molecule has 1 aromatic rings. The fourth-order valence-electron chi connectivity index (χ4n) is 1.58. The number of hydrogen-bond acceptors (Lipinski definition) is 0. The van der Waals surface area contributed by atoms with Gasteiger partial charge in [0.25, 0.3) is 0 Å². The van der Waals surface area contributed by atoms with E-state index in [0.29, 0.717) is 13.0 Å². The normalized spacial score (nSPS) is 12.0. The third-order valence-electron chi connectivity index (χ3n) is 2.35. The molecule has 92 valence electrons. The zero-order valence-electron chi connectivity index (χ0n) is 9.50. The molecule has 0 atom stereocenters. The Balaban J connectivity index is 2.21. The molecule has 0 aliphatic carbocycles. The van der Waals surface area contributed by atoms with Crippen LogP contribution in [0.3, 0.4) is 0 Å². The van der Waals surface area contributed by atoms with E-state index in [0.717, 1.165) is 13.0 Å². The lowest BCUT2D eigenvalue weighted by Gasteiger charge is -2.04. The van der Waals surface area contributed by atoms with Gasteiger partial charge in [-0.15, -0.1) is 0 Å². The van der Waals surface area contributed by atoms with Gasteiger partial charge in [0.05, 0.1) is 13.1 Å². The Labute approximate surface area is 93.7 Å². The maximum absolute atomic E-state index is 11.9. The summed E-state index contributed by atoms with van der Waals surface area (Å²) in [5.74, 6) is 0. The molecule has 0 saturated carbocycles. The molecule has 0 unspecified atom stereocenters. The van der Waals surface area contributed by atoms with Crippen LogP contribution in [-0.4, -0.2) is 10.7 Å². The van der Waals surface area contributed by atoms with Crippen LogP contribution >= 0.6 is 0 Å². The molecule has 0 spiro atoms. The number of imidazole rings is 1. The van der Waals surface area contributed by atoms with Gasteiger partial charge in [0.15, 0.2) is 0 Å². The first-order valence-electron chi connectivity index (χ1n) is 5.63. The summed E-state index contributed by atoms with van der Waals surface area (Å²) in [7, 11) is 0. The van der Waals surface area contributed by atoms with E-state index in [4.69, 9.17) is 0 Å². The van der Waals surface area contributed by atoms with Crippen molar-refractivity contribution in [2.75, 3.05) is 0 Å². The average Bonchev–Trinajstić information content (AvgIpc) is 2.60. The monoisotopic (exact) mass is 235 g/mol. The predicted molar refractivity (Wildman–Crippen MR) is 54.8 cm³/mol. The summed E-state index contributed by atoms with van der Waals surface area (Å²) in [6.07, 6.45) is 2.94. The van der Waals surface area contributed by atoms with Gasteiger partial charge in [-0.05, 0) is 19.3 Å². The summed E-state index contributed by atoms with van der Waals surface area (Å²) in [4.78, 5) is 0. The summed E-state index contributed by atoms with van der Waals surface area (Å²) in [6.45, 7) is 3.70. The molecule has 1 aromatic heterocycles. The highest BCUT2D eigenvalue weighted by atomic mass is 19.4. The number of unbranched alkanes of at least 4 members (excludes halogenated alkanes) is 1. The largest absolute Gasteiger partial charge is 0.389 e. The van der Waals surface area contributed by atoms with Crippen LogP contribution in [0.25, 0.3) is 0 Å². The van der Waals surface area contributed by atoms with Gasteiger partial charge in [-0.25, -0.2) is 9.13 Å². The number of hydrogen-bond donors (Lipinski definition) is 0. The van der Waals surface area contributed by atoms with E-state index in [1.165, 1.54) is 0 Å².